The molecular formula is C37H60Br2. The van der Waals surface area contributed by atoms with Crippen molar-refractivity contribution >= 4 is 31.9 Å². The Labute approximate surface area is 261 Å². The van der Waals surface area contributed by atoms with Crippen molar-refractivity contribution in [1.29, 1.82) is 0 Å². The Morgan fingerprint density at radius 3 is 1.28 bits per heavy atom. The minimum absolute atomic E-state index is 0.694. The zero-order chi connectivity index (χ0) is 30.1. The summed E-state index contributed by atoms with van der Waals surface area (Å²) in [4.78, 5) is 0. The fourth-order valence-electron chi connectivity index (χ4n) is 4.78. The maximum absolute atomic E-state index is 3.53. The normalized spacial score (nSPS) is 15.2. The Balaban J connectivity index is 0. The standard InChI is InChI=1S/C14H10Br2.C7H14.2C5H10.2C2H6.C2H4/c15-11-3-5-13-9(7-11)1-2-10-8-12(16)4-6-14(10)13;1-7(2)5-3-4-6-7;1-2-4-5-3-1;1-3-5-4-2;3*1-2/h3-8H,1-2H2;3-6H2,1-2H3;1-5H2;3,5H,4H2,1-2H3;2*1-2H3;1-2H2/b;;;5-3-;;;. The van der Waals surface area contributed by atoms with Crippen LogP contribution < -0.4 is 0 Å². The molecule has 0 radical (unpaired) electrons. The molecule has 0 amide bonds. The first kappa shape index (κ1) is 40.0. The maximum Gasteiger partial charge on any atom is 0.0178 e. The molecule has 2 aromatic rings. The summed E-state index contributed by atoms with van der Waals surface area (Å²) in [6, 6.07) is 13.1. The van der Waals surface area contributed by atoms with Gasteiger partial charge in [-0.1, -0.05) is 150 Å². The van der Waals surface area contributed by atoms with Gasteiger partial charge >= 0.3 is 0 Å². The third kappa shape index (κ3) is 18.0. The molecule has 222 valence electrons. The van der Waals surface area contributed by atoms with E-state index in [1.807, 2.05) is 34.6 Å². The molecule has 3 aliphatic rings. The number of aryl methyl sites for hydroxylation is 2. The fraction of sp³-hybridized carbons (Fsp3) is 0.568. The highest BCUT2D eigenvalue weighted by molar-refractivity contribution is 9.10. The molecule has 5 rings (SSSR count). The fourth-order valence-corrected chi connectivity index (χ4v) is 5.60. The lowest BCUT2D eigenvalue weighted by Crippen LogP contribution is -2.03. The van der Waals surface area contributed by atoms with Crippen LogP contribution in [0.2, 0.25) is 0 Å². The van der Waals surface area contributed by atoms with Gasteiger partial charge < -0.3 is 0 Å². The molecular weight excluding hydrogens is 604 g/mol. The largest absolute Gasteiger partial charge is 0.106 e. The Hall–Kier alpha value is -1.12. The summed E-state index contributed by atoms with van der Waals surface area (Å²) in [6.45, 7) is 22.9. The highest BCUT2D eigenvalue weighted by Crippen LogP contribution is 2.37. The Morgan fingerprint density at radius 2 is 1.05 bits per heavy atom. The van der Waals surface area contributed by atoms with Gasteiger partial charge in [0, 0.05) is 8.95 Å². The van der Waals surface area contributed by atoms with E-state index < -0.39 is 0 Å². The van der Waals surface area contributed by atoms with E-state index in [9.17, 15) is 0 Å². The molecule has 0 N–H and O–H groups in total. The average Bonchev–Trinajstić information content (AvgIpc) is 3.68. The molecule has 0 atom stereocenters. The molecule has 0 heterocycles. The van der Waals surface area contributed by atoms with Crippen molar-refractivity contribution < 1.29 is 0 Å². The molecule has 0 spiro atoms. The summed E-state index contributed by atoms with van der Waals surface area (Å²) in [5.74, 6) is 0. The van der Waals surface area contributed by atoms with Crippen LogP contribution in [0.25, 0.3) is 11.1 Å². The van der Waals surface area contributed by atoms with E-state index >= 15 is 0 Å². The second-order valence-electron chi connectivity index (χ2n) is 10.2. The van der Waals surface area contributed by atoms with E-state index in [0.29, 0.717) is 5.41 Å². The summed E-state index contributed by atoms with van der Waals surface area (Å²) in [7, 11) is 0. The van der Waals surface area contributed by atoms with Crippen molar-refractivity contribution in [3.05, 3.63) is 81.8 Å². The van der Waals surface area contributed by atoms with Crippen LogP contribution in [0.1, 0.15) is 131 Å². The summed E-state index contributed by atoms with van der Waals surface area (Å²) in [5, 5.41) is 0. The highest BCUT2D eigenvalue weighted by Gasteiger charge is 2.21. The van der Waals surface area contributed by atoms with Crippen LogP contribution in [0.3, 0.4) is 0 Å². The van der Waals surface area contributed by atoms with Crippen LogP contribution in [0, 0.1) is 5.41 Å². The topological polar surface area (TPSA) is 0 Å². The molecule has 0 saturated heterocycles. The highest BCUT2D eigenvalue weighted by atomic mass is 79.9. The van der Waals surface area contributed by atoms with E-state index in [1.54, 1.807) is 0 Å². The Morgan fingerprint density at radius 1 is 0.692 bits per heavy atom. The van der Waals surface area contributed by atoms with Crippen LogP contribution >= 0.6 is 31.9 Å². The molecule has 2 aromatic carbocycles. The van der Waals surface area contributed by atoms with E-state index in [2.05, 4.69) is 114 Å². The maximum atomic E-state index is 3.53. The van der Waals surface area contributed by atoms with Crippen LogP contribution in [-0.4, -0.2) is 0 Å². The number of fused-ring (bicyclic) bond motifs is 3. The molecule has 2 fully saturated rings. The summed E-state index contributed by atoms with van der Waals surface area (Å²) in [6.07, 6.45) is 21.0. The van der Waals surface area contributed by atoms with E-state index in [-0.39, 0.29) is 0 Å². The van der Waals surface area contributed by atoms with Gasteiger partial charge in [-0.2, -0.15) is 0 Å². The molecule has 0 aromatic heterocycles. The third-order valence-electron chi connectivity index (χ3n) is 6.77. The first-order valence-corrected chi connectivity index (χ1v) is 17.1. The number of benzene rings is 2. The summed E-state index contributed by atoms with van der Waals surface area (Å²) >= 11 is 7.07. The SMILES string of the molecule is Brc1ccc2c(c1)CCc1cc(Br)ccc1-2.C/C=C\CC.C1CCCC1.C=C.CC.CC.CC1(C)CCCC1. The van der Waals surface area contributed by atoms with Gasteiger partial charge in [-0.3, -0.25) is 0 Å². The predicted molar refractivity (Wildman–Crippen MR) is 189 cm³/mol. The summed E-state index contributed by atoms with van der Waals surface area (Å²) < 4.78 is 2.35. The number of allylic oxidation sites excluding steroid dienone is 2. The van der Waals surface area contributed by atoms with Gasteiger partial charge in [0.05, 0.1) is 0 Å². The first-order valence-electron chi connectivity index (χ1n) is 15.5. The third-order valence-corrected chi connectivity index (χ3v) is 7.75. The van der Waals surface area contributed by atoms with Gasteiger partial charge in [0.2, 0.25) is 0 Å². The van der Waals surface area contributed by atoms with Gasteiger partial charge in [0.25, 0.3) is 0 Å². The monoisotopic (exact) mass is 662 g/mol. The number of rotatable bonds is 1. The van der Waals surface area contributed by atoms with Crippen molar-refractivity contribution in [3.8, 4) is 11.1 Å². The van der Waals surface area contributed by atoms with E-state index in [4.69, 9.17) is 0 Å². The first-order chi connectivity index (χ1) is 18.9. The minimum atomic E-state index is 0.694. The van der Waals surface area contributed by atoms with Gasteiger partial charge in [-0.05, 0) is 91.0 Å². The second kappa shape index (κ2) is 25.8. The molecule has 0 aliphatic heterocycles. The predicted octanol–water partition coefficient (Wildman–Crippen LogP) is 14.3. The zero-order valence-corrected chi connectivity index (χ0v) is 29.9. The van der Waals surface area contributed by atoms with Crippen LogP contribution in [-0.2, 0) is 12.8 Å². The van der Waals surface area contributed by atoms with Gasteiger partial charge in [-0.15, -0.1) is 13.2 Å². The van der Waals surface area contributed by atoms with E-state index in [0.717, 1.165) is 19.3 Å². The minimum Gasteiger partial charge on any atom is -0.106 e. The van der Waals surface area contributed by atoms with Crippen molar-refractivity contribution in [2.45, 2.75) is 132 Å². The molecule has 39 heavy (non-hydrogen) atoms. The quantitative estimate of drug-likeness (QED) is 0.266. The Kier molecular flexibility index (Phi) is 26.5. The Bertz CT molecular complexity index is 808. The van der Waals surface area contributed by atoms with Gasteiger partial charge in [0.1, 0.15) is 0 Å². The lowest BCUT2D eigenvalue weighted by atomic mass is 9.86. The zero-order valence-electron chi connectivity index (χ0n) is 26.8. The number of hydrogen-bond acceptors (Lipinski definition) is 0. The van der Waals surface area contributed by atoms with Crippen LogP contribution in [0.4, 0.5) is 0 Å². The number of hydrogen-bond donors (Lipinski definition) is 0. The molecule has 2 heteroatoms. The molecule has 0 bridgehead atoms. The summed E-state index contributed by atoms with van der Waals surface area (Å²) in [5.41, 5.74) is 6.36. The lowest BCUT2D eigenvalue weighted by Gasteiger charge is -2.20. The van der Waals surface area contributed by atoms with Crippen molar-refractivity contribution in [3.63, 3.8) is 0 Å². The molecule has 2 saturated carbocycles. The van der Waals surface area contributed by atoms with E-state index in [1.165, 1.54) is 89.0 Å². The van der Waals surface area contributed by atoms with Crippen molar-refractivity contribution in [2.24, 2.45) is 5.41 Å². The van der Waals surface area contributed by atoms with Crippen LogP contribution in [0.15, 0.2) is 70.7 Å². The molecule has 0 nitrogen and oxygen atoms in total. The van der Waals surface area contributed by atoms with Crippen molar-refractivity contribution in [1.82, 2.24) is 0 Å². The van der Waals surface area contributed by atoms with Crippen LogP contribution in [0.5, 0.6) is 0 Å². The van der Waals surface area contributed by atoms with Crippen molar-refractivity contribution in [2.75, 3.05) is 0 Å². The molecule has 3 aliphatic carbocycles. The lowest BCUT2D eigenvalue weighted by molar-refractivity contribution is 0.382. The second-order valence-corrected chi connectivity index (χ2v) is 12.1. The smallest absolute Gasteiger partial charge is 0.0178 e. The van der Waals surface area contributed by atoms with Gasteiger partial charge in [0.15, 0.2) is 0 Å². The number of halogens is 2. The average molecular weight is 665 g/mol. The van der Waals surface area contributed by atoms with Gasteiger partial charge in [-0.25, -0.2) is 0 Å². The molecule has 0 unspecified atom stereocenters.